The van der Waals surface area contributed by atoms with Crippen molar-refractivity contribution in [1.82, 2.24) is 29.7 Å². The van der Waals surface area contributed by atoms with Crippen molar-refractivity contribution in [1.29, 1.82) is 0 Å². The number of carbonyl (C=O) groups excluding carboxylic acids is 4. The third kappa shape index (κ3) is 9.57. The van der Waals surface area contributed by atoms with Crippen molar-refractivity contribution in [2.24, 2.45) is 19.5 Å². The van der Waals surface area contributed by atoms with Crippen LogP contribution < -0.4 is 35.6 Å². The van der Waals surface area contributed by atoms with Crippen LogP contribution in [0.25, 0.3) is 11.1 Å². The van der Waals surface area contributed by atoms with Crippen molar-refractivity contribution in [3.8, 4) is 22.6 Å². The zero-order valence-corrected chi connectivity index (χ0v) is 35.9. The second-order valence-corrected chi connectivity index (χ2v) is 16.7. The third-order valence-corrected chi connectivity index (χ3v) is 11.3. The molecule has 5 aromatic rings. The molecule has 15 nitrogen and oxygen atoms in total. The van der Waals surface area contributed by atoms with Crippen molar-refractivity contribution in [2.45, 2.75) is 45.7 Å². The number of amides is 4. The van der Waals surface area contributed by atoms with Gasteiger partial charge in [0.15, 0.2) is 17.3 Å². The molecular formula is C46H55N9O6. The second kappa shape index (κ2) is 17.9. The summed E-state index contributed by atoms with van der Waals surface area (Å²) >= 11 is 0. The summed E-state index contributed by atoms with van der Waals surface area (Å²) in [7, 11) is 8.95. The average Bonchev–Trinajstić information content (AvgIpc) is 3.79. The molecule has 0 saturated heterocycles. The van der Waals surface area contributed by atoms with E-state index >= 15 is 0 Å². The lowest BCUT2D eigenvalue weighted by Gasteiger charge is -2.36. The predicted molar refractivity (Wildman–Crippen MR) is 235 cm³/mol. The van der Waals surface area contributed by atoms with E-state index in [1.807, 2.05) is 68.6 Å². The van der Waals surface area contributed by atoms with E-state index in [9.17, 15) is 19.2 Å². The van der Waals surface area contributed by atoms with E-state index in [4.69, 9.17) is 9.47 Å². The van der Waals surface area contributed by atoms with Gasteiger partial charge in [-0.3, -0.25) is 19.2 Å². The molecule has 2 aromatic heterocycles. The van der Waals surface area contributed by atoms with Gasteiger partial charge in [0.1, 0.15) is 5.69 Å². The minimum absolute atomic E-state index is 0.0354. The summed E-state index contributed by atoms with van der Waals surface area (Å²) in [4.78, 5) is 61.4. The second-order valence-electron chi connectivity index (χ2n) is 16.7. The summed E-state index contributed by atoms with van der Waals surface area (Å²) in [6.07, 6.45) is 4.83. The van der Waals surface area contributed by atoms with Crippen LogP contribution in [0.3, 0.4) is 0 Å². The van der Waals surface area contributed by atoms with Gasteiger partial charge in [0.2, 0.25) is 11.7 Å². The van der Waals surface area contributed by atoms with Crippen LogP contribution in [0.5, 0.6) is 11.5 Å². The molecule has 4 N–H and O–H groups in total. The van der Waals surface area contributed by atoms with Gasteiger partial charge in [0.25, 0.3) is 17.7 Å². The van der Waals surface area contributed by atoms with E-state index < -0.39 is 5.91 Å². The molecule has 1 atom stereocenters. The lowest BCUT2D eigenvalue weighted by Crippen LogP contribution is -2.47. The largest absolute Gasteiger partial charge is 0.493 e. The number of fused-ring (bicyclic) bond motifs is 3. The van der Waals surface area contributed by atoms with Crippen molar-refractivity contribution in [3.05, 3.63) is 107 Å². The van der Waals surface area contributed by atoms with E-state index in [0.717, 1.165) is 29.8 Å². The number of carbonyl (C=O) groups is 4. The van der Waals surface area contributed by atoms with Gasteiger partial charge in [-0.15, -0.1) is 0 Å². The first-order chi connectivity index (χ1) is 29.2. The maximum Gasteiger partial charge on any atom is 0.291 e. The van der Waals surface area contributed by atoms with E-state index in [1.165, 1.54) is 11.1 Å². The number of rotatable bonds is 15. The highest BCUT2D eigenvalue weighted by Gasteiger charge is 2.36. The van der Waals surface area contributed by atoms with Gasteiger partial charge >= 0.3 is 0 Å². The van der Waals surface area contributed by atoms with Crippen LogP contribution in [0.15, 0.2) is 79.1 Å². The number of aromatic nitrogens is 3. The molecule has 3 aromatic carbocycles. The van der Waals surface area contributed by atoms with Crippen LogP contribution in [-0.2, 0) is 31.9 Å². The quantitative estimate of drug-likeness (QED) is 0.100. The highest BCUT2D eigenvalue weighted by atomic mass is 16.5. The molecule has 0 bridgehead atoms. The molecule has 7 rings (SSSR count). The van der Waals surface area contributed by atoms with Crippen LogP contribution in [0.2, 0.25) is 0 Å². The van der Waals surface area contributed by atoms with Crippen LogP contribution in [0, 0.1) is 5.41 Å². The monoisotopic (exact) mass is 829 g/mol. The van der Waals surface area contributed by atoms with Crippen LogP contribution in [0.4, 0.5) is 17.2 Å². The zero-order valence-electron chi connectivity index (χ0n) is 35.9. The molecule has 4 heterocycles. The lowest BCUT2D eigenvalue weighted by atomic mass is 9.93. The molecule has 320 valence electrons. The molecule has 2 aliphatic heterocycles. The number of ether oxygens (including phenoxy) is 2. The molecule has 4 amide bonds. The summed E-state index contributed by atoms with van der Waals surface area (Å²) in [6, 6.07) is 21.1. The molecule has 15 heteroatoms. The Morgan fingerprint density at radius 3 is 2.36 bits per heavy atom. The number of nitrogens with zero attached hydrogens (tertiary/aromatic N) is 5. The molecule has 0 fully saturated rings. The Bertz CT molecular complexity index is 2440. The number of imidazole rings is 1. The fraction of sp³-hybridized carbons (Fsp3) is 0.370. The summed E-state index contributed by atoms with van der Waals surface area (Å²) in [5.41, 5.74) is 6.57. The van der Waals surface area contributed by atoms with Gasteiger partial charge in [-0.1, -0.05) is 50.2 Å². The Morgan fingerprint density at radius 1 is 0.869 bits per heavy atom. The van der Waals surface area contributed by atoms with E-state index in [0.29, 0.717) is 54.5 Å². The number of aryl methyl sites for hydroxylation is 2. The topological polar surface area (TPSA) is 164 Å². The Balaban J connectivity index is 0.900. The van der Waals surface area contributed by atoms with Gasteiger partial charge in [0.05, 0.1) is 31.0 Å². The van der Waals surface area contributed by atoms with Crippen molar-refractivity contribution < 1.29 is 28.7 Å². The molecular weight excluding hydrogens is 775 g/mol. The van der Waals surface area contributed by atoms with Gasteiger partial charge in [-0.2, -0.15) is 0 Å². The van der Waals surface area contributed by atoms with Gasteiger partial charge in [0, 0.05) is 83.5 Å². The number of anilines is 3. The van der Waals surface area contributed by atoms with Crippen molar-refractivity contribution >= 4 is 40.8 Å². The molecule has 0 aliphatic carbocycles. The van der Waals surface area contributed by atoms with Crippen LogP contribution in [0.1, 0.15) is 69.3 Å². The molecule has 0 spiro atoms. The normalized spacial score (nSPS) is 14.7. The fourth-order valence-electron chi connectivity index (χ4n) is 8.06. The van der Waals surface area contributed by atoms with E-state index in [1.54, 1.807) is 47.7 Å². The Kier molecular flexibility index (Phi) is 12.5. The summed E-state index contributed by atoms with van der Waals surface area (Å²) in [6.45, 7) is 6.97. The molecule has 0 unspecified atom stereocenters. The number of nitrogens with one attached hydrogen (secondary N) is 4. The number of hydrogen-bond donors (Lipinski definition) is 4. The zero-order chi connectivity index (χ0) is 43.4. The number of methoxy groups -OCH3 is 1. The molecule has 0 radical (unpaired) electrons. The number of hydrogen-bond acceptors (Lipinski definition) is 9. The maximum absolute atomic E-state index is 13.9. The minimum Gasteiger partial charge on any atom is -0.493 e. The van der Waals surface area contributed by atoms with Gasteiger partial charge < -0.3 is 49.7 Å². The Morgan fingerprint density at radius 2 is 1.62 bits per heavy atom. The van der Waals surface area contributed by atoms with E-state index in [-0.39, 0.29) is 53.8 Å². The van der Waals surface area contributed by atoms with Crippen LogP contribution in [-0.4, -0.2) is 96.1 Å². The van der Waals surface area contributed by atoms with Crippen LogP contribution >= 0.6 is 0 Å². The first-order valence-corrected chi connectivity index (χ1v) is 20.5. The molecule has 2 aliphatic rings. The summed E-state index contributed by atoms with van der Waals surface area (Å²) in [5, 5.41) is 11.8. The first kappa shape index (κ1) is 42.5. The smallest absolute Gasteiger partial charge is 0.291 e. The summed E-state index contributed by atoms with van der Waals surface area (Å²) < 4.78 is 15.1. The highest BCUT2D eigenvalue weighted by molar-refractivity contribution is 6.03. The standard InChI is InChI=1S/C46H55N9O6/c1-46(2,27-47-3)28-48-43(57)37-20-32(23-52(37)4)29-14-16-33(17-15-29)49-44(58)42-51-40(26-54(42)6)50-41(56)13-10-18-61-39-22-36-35(21-38(39)60-7)45(59)55-24-31-12-9-8-11-30(31)19-34(55)25-53(36)5/h8-9,11-12,14-17,20-23,26,34,47H,10,13,18-19,24-25,27-28H2,1-7H3,(H,48,57)(H,49,58)(H,50,56)/t34-/m0/s1. The maximum atomic E-state index is 13.9. The lowest BCUT2D eigenvalue weighted by molar-refractivity contribution is -0.116. The highest BCUT2D eigenvalue weighted by Crippen LogP contribution is 2.39. The van der Waals surface area contributed by atoms with E-state index in [2.05, 4.69) is 57.1 Å². The van der Waals surface area contributed by atoms with Crippen molar-refractivity contribution in [2.75, 3.05) is 63.0 Å². The number of benzene rings is 3. The average molecular weight is 830 g/mol. The Hall–Kier alpha value is -6.61. The minimum atomic E-state index is -0.438. The fourth-order valence-corrected chi connectivity index (χ4v) is 8.06. The molecule has 61 heavy (non-hydrogen) atoms. The van der Waals surface area contributed by atoms with Gasteiger partial charge in [-0.25, -0.2) is 4.98 Å². The predicted octanol–water partition coefficient (Wildman–Crippen LogP) is 5.48. The number of likely N-dealkylation sites (N-methyl/N-ethyl adjacent to an activating group) is 1. The summed E-state index contributed by atoms with van der Waals surface area (Å²) in [5.74, 6) is 0.424. The SMILES string of the molecule is CNCC(C)(C)CNC(=O)c1cc(-c2ccc(NC(=O)c3nc(NC(=O)CCCOc4cc5c(cc4OC)C(=O)N4Cc6ccccc6C[C@H]4CN5C)cn3C)cc2)cn1C. The van der Waals surface area contributed by atoms with Gasteiger partial charge in [-0.05, 0) is 66.3 Å². The first-order valence-electron chi connectivity index (χ1n) is 20.5. The van der Waals surface area contributed by atoms with Crippen molar-refractivity contribution in [3.63, 3.8) is 0 Å². The third-order valence-electron chi connectivity index (χ3n) is 11.3. The Labute approximate surface area is 356 Å². The molecule has 0 saturated carbocycles.